The van der Waals surface area contributed by atoms with Crippen LogP contribution in [-0.2, 0) is 0 Å². The highest BCUT2D eigenvalue weighted by atomic mass is 19.1. The molecule has 0 bridgehead atoms. The summed E-state index contributed by atoms with van der Waals surface area (Å²) >= 11 is 0. The Morgan fingerprint density at radius 3 is 2.56 bits per heavy atom. The molecule has 0 spiro atoms. The lowest BCUT2D eigenvalue weighted by molar-refractivity contribution is -0.883. The van der Waals surface area contributed by atoms with E-state index in [2.05, 4.69) is 32.2 Å². The summed E-state index contributed by atoms with van der Waals surface area (Å²) in [7, 11) is 2.21. The smallest absolute Gasteiger partial charge is 0.123 e. The highest BCUT2D eigenvalue weighted by molar-refractivity contribution is 5.87. The molecule has 92 valence electrons. The molecule has 0 aliphatic carbocycles. The summed E-state index contributed by atoms with van der Waals surface area (Å²) < 4.78 is 13.1. The van der Waals surface area contributed by atoms with E-state index in [0.717, 1.165) is 17.3 Å². The third kappa shape index (κ3) is 1.83. The van der Waals surface area contributed by atoms with E-state index in [0.29, 0.717) is 6.04 Å². The van der Waals surface area contributed by atoms with Crippen molar-refractivity contribution < 1.29 is 9.29 Å². The van der Waals surface area contributed by atoms with E-state index < -0.39 is 0 Å². The van der Waals surface area contributed by atoms with Gasteiger partial charge in [0, 0.05) is 5.57 Å². The van der Waals surface area contributed by atoms with Gasteiger partial charge in [-0.25, -0.2) is 4.39 Å². The molecule has 2 aromatic rings. The van der Waals surface area contributed by atoms with E-state index >= 15 is 0 Å². The van der Waals surface area contributed by atoms with E-state index in [4.69, 9.17) is 0 Å². The van der Waals surface area contributed by atoms with E-state index in [-0.39, 0.29) is 5.82 Å². The molecule has 2 heteroatoms. The Bertz CT molecular complexity index is 630. The first-order valence-corrected chi connectivity index (χ1v) is 6.37. The number of benzene rings is 2. The second-order valence-corrected chi connectivity index (χ2v) is 5.14. The molecule has 1 N–H and O–H groups in total. The summed E-state index contributed by atoms with van der Waals surface area (Å²) in [5, 5.41) is 2.07. The minimum Gasteiger partial charge on any atom is -0.328 e. The molecule has 2 atom stereocenters. The highest BCUT2D eigenvalue weighted by Gasteiger charge is 2.24. The molecule has 1 aliphatic heterocycles. The number of nitrogens with one attached hydrogen (secondary N) is 1. The molecule has 0 fully saturated rings. The standard InChI is InChI=1S/C16H16FN/c1-11-16(7-8-18(11)2)14-4-3-13-10-15(17)6-5-12(13)9-14/h3-7,9-11H,8H2,1-2H3/p+1. The lowest BCUT2D eigenvalue weighted by Gasteiger charge is -2.15. The number of hydrogen-bond acceptors (Lipinski definition) is 0. The highest BCUT2D eigenvalue weighted by Crippen LogP contribution is 2.24. The fourth-order valence-corrected chi connectivity index (χ4v) is 2.65. The summed E-state index contributed by atoms with van der Waals surface area (Å²) in [6, 6.07) is 11.8. The van der Waals surface area contributed by atoms with Gasteiger partial charge in [-0.2, -0.15) is 0 Å². The first-order valence-electron chi connectivity index (χ1n) is 6.37. The molecule has 0 saturated carbocycles. The summed E-state index contributed by atoms with van der Waals surface area (Å²) in [6.45, 7) is 3.33. The van der Waals surface area contributed by atoms with Crippen molar-refractivity contribution in [1.29, 1.82) is 0 Å². The molecule has 18 heavy (non-hydrogen) atoms. The lowest BCUT2D eigenvalue weighted by Crippen LogP contribution is -3.10. The number of hydrogen-bond donors (Lipinski definition) is 1. The third-order valence-corrected chi connectivity index (χ3v) is 3.99. The minimum absolute atomic E-state index is 0.173. The van der Waals surface area contributed by atoms with Crippen LogP contribution in [0, 0.1) is 5.82 Å². The second-order valence-electron chi connectivity index (χ2n) is 5.14. The maximum atomic E-state index is 13.1. The fraction of sp³-hybridized carbons (Fsp3) is 0.250. The van der Waals surface area contributed by atoms with Crippen molar-refractivity contribution in [2.24, 2.45) is 0 Å². The zero-order valence-electron chi connectivity index (χ0n) is 10.7. The van der Waals surface area contributed by atoms with Gasteiger partial charge >= 0.3 is 0 Å². The van der Waals surface area contributed by atoms with Gasteiger partial charge < -0.3 is 4.90 Å². The summed E-state index contributed by atoms with van der Waals surface area (Å²) in [6.07, 6.45) is 2.31. The topological polar surface area (TPSA) is 4.44 Å². The summed E-state index contributed by atoms with van der Waals surface area (Å²) in [5.74, 6) is -0.173. The Morgan fingerprint density at radius 2 is 1.83 bits per heavy atom. The Kier molecular flexibility index (Phi) is 2.67. The van der Waals surface area contributed by atoms with Crippen LogP contribution >= 0.6 is 0 Å². The van der Waals surface area contributed by atoms with Crippen LogP contribution in [0.4, 0.5) is 4.39 Å². The zero-order valence-corrected chi connectivity index (χ0v) is 10.7. The average molecular weight is 242 g/mol. The lowest BCUT2D eigenvalue weighted by atomic mass is 9.98. The van der Waals surface area contributed by atoms with Gasteiger partial charge in [-0.15, -0.1) is 0 Å². The maximum absolute atomic E-state index is 13.1. The average Bonchev–Trinajstić information content (AvgIpc) is 2.69. The number of quaternary nitrogens is 1. The third-order valence-electron chi connectivity index (χ3n) is 3.99. The molecule has 0 saturated heterocycles. The van der Waals surface area contributed by atoms with Gasteiger partial charge in [0.1, 0.15) is 11.9 Å². The van der Waals surface area contributed by atoms with Crippen molar-refractivity contribution in [1.82, 2.24) is 0 Å². The number of halogens is 1. The first-order chi connectivity index (χ1) is 8.65. The first kappa shape index (κ1) is 11.4. The quantitative estimate of drug-likeness (QED) is 0.782. The second kappa shape index (κ2) is 4.21. The van der Waals surface area contributed by atoms with Crippen molar-refractivity contribution >= 4 is 16.3 Å². The Balaban J connectivity index is 2.07. The van der Waals surface area contributed by atoms with Crippen LogP contribution in [0.15, 0.2) is 42.5 Å². The Morgan fingerprint density at radius 1 is 1.11 bits per heavy atom. The molecule has 1 heterocycles. The maximum Gasteiger partial charge on any atom is 0.123 e. The van der Waals surface area contributed by atoms with E-state index in [1.165, 1.54) is 22.1 Å². The molecule has 1 nitrogen and oxygen atoms in total. The Hall–Kier alpha value is -1.67. The predicted octanol–water partition coefficient (Wildman–Crippen LogP) is 2.28. The molecule has 3 rings (SSSR count). The summed E-state index contributed by atoms with van der Waals surface area (Å²) in [4.78, 5) is 1.52. The monoisotopic (exact) mass is 242 g/mol. The van der Waals surface area contributed by atoms with Crippen LogP contribution < -0.4 is 4.90 Å². The van der Waals surface area contributed by atoms with Crippen molar-refractivity contribution in [3.63, 3.8) is 0 Å². The molecule has 0 amide bonds. The summed E-state index contributed by atoms with van der Waals surface area (Å²) in [5.41, 5.74) is 2.66. The largest absolute Gasteiger partial charge is 0.328 e. The molecule has 1 aliphatic rings. The normalized spacial score (nSPS) is 23.4. The van der Waals surface area contributed by atoms with E-state index in [9.17, 15) is 4.39 Å². The number of rotatable bonds is 1. The predicted molar refractivity (Wildman–Crippen MR) is 73.1 cm³/mol. The zero-order chi connectivity index (χ0) is 12.7. The molecular formula is C16H17FN+. The number of likely N-dealkylation sites (N-methyl/N-ethyl adjacent to an activating group) is 1. The molecule has 0 aromatic heterocycles. The van der Waals surface area contributed by atoms with E-state index in [1.54, 1.807) is 6.07 Å². The molecular weight excluding hydrogens is 225 g/mol. The van der Waals surface area contributed by atoms with Crippen LogP contribution in [-0.4, -0.2) is 19.6 Å². The van der Waals surface area contributed by atoms with Crippen molar-refractivity contribution in [3.05, 3.63) is 53.9 Å². The van der Waals surface area contributed by atoms with Crippen LogP contribution in [0.2, 0.25) is 0 Å². The minimum atomic E-state index is -0.173. The van der Waals surface area contributed by atoms with Crippen molar-refractivity contribution in [3.8, 4) is 0 Å². The van der Waals surface area contributed by atoms with Crippen molar-refractivity contribution in [2.75, 3.05) is 13.6 Å². The van der Waals surface area contributed by atoms with Gasteiger partial charge in [-0.05, 0) is 47.5 Å². The van der Waals surface area contributed by atoms with E-state index in [1.807, 2.05) is 12.1 Å². The van der Waals surface area contributed by atoms with Crippen LogP contribution in [0.3, 0.4) is 0 Å². The molecule has 2 unspecified atom stereocenters. The van der Waals surface area contributed by atoms with Crippen molar-refractivity contribution in [2.45, 2.75) is 13.0 Å². The van der Waals surface area contributed by atoms with Gasteiger partial charge in [0.15, 0.2) is 0 Å². The van der Waals surface area contributed by atoms with Gasteiger partial charge in [0.05, 0.1) is 13.6 Å². The molecule has 0 radical (unpaired) electrons. The van der Waals surface area contributed by atoms with Crippen LogP contribution in [0.25, 0.3) is 16.3 Å². The van der Waals surface area contributed by atoms with Gasteiger partial charge in [-0.3, -0.25) is 0 Å². The SMILES string of the molecule is CC1C(c2ccc3cc(F)ccc3c2)=CC[NH+]1C. The van der Waals surface area contributed by atoms with Crippen LogP contribution in [0.5, 0.6) is 0 Å². The molecule has 2 aromatic carbocycles. The van der Waals surface area contributed by atoms with Crippen LogP contribution in [0.1, 0.15) is 12.5 Å². The Labute approximate surface area is 107 Å². The van der Waals surface area contributed by atoms with Gasteiger partial charge in [0.25, 0.3) is 0 Å². The van der Waals surface area contributed by atoms with Gasteiger partial charge in [0.2, 0.25) is 0 Å². The fourth-order valence-electron chi connectivity index (χ4n) is 2.65. The number of fused-ring (bicyclic) bond motifs is 1. The van der Waals surface area contributed by atoms with Gasteiger partial charge in [-0.1, -0.05) is 18.2 Å².